The Morgan fingerprint density at radius 1 is 1.04 bits per heavy atom. The molecule has 0 aliphatic rings. The molecule has 2 rings (SSSR count). The van der Waals surface area contributed by atoms with Crippen molar-refractivity contribution >= 4 is 37.5 Å². The van der Waals surface area contributed by atoms with Gasteiger partial charge in [0.15, 0.2) is 0 Å². The molecule has 0 saturated heterocycles. The zero-order valence-corrected chi connectivity index (χ0v) is 15.9. The van der Waals surface area contributed by atoms with Crippen molar-refractivity contribution in [1.29, 1.82) is 0 Å². The Balaban J connectivity index is 2.20. The van der Waals surface area contributed by atoms with Crippen LogP contribution in [0.4, 0.5) is 5.69 Å². The first-order valence-electron chi connectivity index (χ1n) is 7.55. The predicted molar refractivity (Wildman–Crippen MR) is 98.6 cm³/mol. The molecule has 0 radical (unpaired) electrons. The number of nitrogens with one attached hydrogen (secondary N) is 1. The van der Waals surface area contributed by atoms with Crippen LogP contribution in [0.3, 0.4) is 0 Å². The Labute approximate surface area is 150 Å². The maximum Gasteiger partial charge on any atom is 0.263 e. The molecule has 128 valence electrons. The number of sulfonamides is 1. The first kappa shape index (κ1) is 18.5. The summed E-state index contributed by atoms with van der Waals surface area (Å²) in [5, 5.41) is 0. The Hall–Kier alpha value is -1.86. The van der Waals surface area contributed by atoms with Crippen molar-refractivity contribution in [2.45, 2.75) is 18.7 Å². The lowest BCUT2D eigenvalue weighted by molar-refractivity contribution is 0.0773. The van der Waals surface area contributed by atoms with Gasteiger partial charge in [-0.1, -0.05) is 12.1 Å². The second-order valence-electron chi connectivity index (χ2n) is 5.09. The molecule has 0 aromatic heterocycles. The van der Waals surface area contributed by atoms with Crippen LogP contribution in [0, 0.1) is 0 Å². The fourth-order valence-corrected chi connectivity index (χ4v) is 4.31. The van der Waals surface area contributed by atoms with Crippen LogP contribution in [0.25, 0.3) is 0 Å². The van der Waals surface area contributed by atoms with Gasteiger partial charge in [-0.15, -0.1) is 0 Å². The minimum absolute atomic E-state index is 0.0692. The summed E-state index contributed by atoms with van der Waals surface area (Å²) in [4.78, 5) is 14.1. The second kappa shape index (κ2) is 7.81. The first-order valence-corrected chi connectivity index (χ1v) is 9.83. The van der Waals surface area contributed by atoms with Crippen molar-refractivity contribution in [3.8, 4) is 0 Å². The number of rotatable bonds is 6. The summed E-state index contributed by atoms with van der Waals surface area (Å²) in [6, 6.07) is 13.0. The van der Waals surface area contributed by atoms with Crippen LogP contribution in [-0.2, 0) is 10.0 Å². The SMILES string of the molecule is CCN(CC)C(=O)c1ccc(NS(=O)(=O)c2ccccc2Br)cc1. The summed E-state index contributed by atoms with van der Waals surface area (Å²) in [5.41, 5.74) is 0.935. The highest BCUT2D eigenvalue weighted by Crippen LogP contribution is 2.24. The number of benzene rings is 2. The number of carbonyl (C=O) groups is 1. The molecule has 2 aromatic carbocycles. The van der Waals surface area contributed by atoms with E-state index in [1.165, 1.54) is 6.07 Å². The molecule has 0 heterocycles. The molecular formula is C17H19BrN2O3S. The number of hydrogen-bond donors (Lipinski definition) is 1. The van der Waals surface area contributed by atoms with Crippen molar-refractivity contribution in [3.05, 3.63) is 58.6 Å². The van der Waals surface area contributed by atoms with E-state index in [0.717, 1.165) is 0 Å². The lowest BCUT2D eigenvalue weighted by Gasteiger charge is -2.18. The Morgan fingerprint density at radius 3 is 2.17 bits per heavy atom. The average molecular weight is 411 g/mol. The van der Waals surface area contributed by atoms with Gasteiger partial charge in [-0.2, -0.15) is 0 Å². The van der Waals surface area contributed by atoms with Gasteiger partial charge in [-0.25, -0.2) is 8.42 Å². The van der Waals surface area contributed by atoms with E-state index in [4.69, 9.17) is 0 Å². The van der Waals surface area contributed by atoms with Gasteiger partial charge in [0.1, 0.15) is 4.90 Å². The summed E-state index contributed by atoms with van der Waals surface area (Å²) < 4.78 is 27.9. The highest BCUT2D eigenvalue weighted by Gasteiger charge is 2.18. The zero-order valence-electron chi connectivity index (χ0n) is 13.5. The largest absolute Gasteiger partial charge is 0.339 e. The average Bonchev–Trinajstić information content (AvgIpc) is 2.56. The minimum atomic E-state index is -3.69. The van der Waals surface area contributed by atoms with Crippen LogP contribution in [0.5, 0.6) is 0 Å². The number of anilines is 1. The topological polar surface area (TPSA) is 66.5 Å². The molecule has 0 aliphatic carbocycles. The van der Waals surface area contributed by atoms with Gasteiger partial charge in [0.2, 0.25) is 0 Å². The highest BCUT2D eigenvalue weighted by molar-refractivity contribution is 9.10. The monoisotopic (exact) mass is 410 g/mol. The van der Waals surface area contributed by atoms with Crippen molar-refractivity contribution in [1.82, 2.24) is 4.90 Å². The molecule has 7 heteroatoms. The standard InChI is InChI=1S/C17H19BrN2O3S/c1-3-20(4-2)17(21)13-9-11-14(12-10-13)19-24(22,23)16-8-6-5-7-15(16)18/h5-12,19H,3-4H2,1-2H3. The molecule has 2 aromatic rings. The second-order valence-corrected chi connectivity index (χ2v) is 7.60. The van der Waals surface area contributed by atoms with Crippen LogP contribution in [0.15, 0.2) is 57.9 Å². The summed E-state index contributed by atoms with van der Waals surface area (Å²) in [5.74, 6) is -0.0692. The van der Waals surface area contributed by atoms with Crippen LogP contribution < -0.4 is 4.72 Å². The van der Waals surface area contributed by atoms with Crippen molar-refractivity contribution in [3.63, 3.8) is 0 Å². The van der Waals surface area contributed by atoms with Gasteiger partial charge in [-0.3, -0.25) is 9.52 Å². The summed E-state index contributed by atoms with van der Waals surface area (Å²) in [7, 11) is -3.69. The van der Waals surface area contributed by atoms with Gasteiger partial charge in [-0.05, 0) is 66.2 Å². The van der Waals surface area contributed by atoms with Crippen LogP contribution in [0.2, 0.25) is 0 Å². The third-order valence-electron chi connectivity index (χ3n) is 3.56. The van der Waals surface area contributed by atoms with Crippen LogP contribution >= 0.6 is 15.9 Å². The smallest absolute Gasteiger partial charge is 0.263 e. The molecule has 0 atom stereocenters. The maximum atomic E-state index is 12.4. The van der Waals surface area contributed by atoms with Gasteiger partial charge < -0.3 is 4.90 Å². The third kappa shape index (κ3) is 4.15. The van der Waals surface area contributed by atoms with Gasteiger partial charge in [0, 0.05) is 28.8 Å². The molecule has 0 spiro atoms. The normalized spacial score (nSPS) is 11.1. The molecule has 0 saturated carbocycles. The number of carbonyl (C=O) groups excluding carboxylic acids is 1. The van der Waals surface area contributed by atoms with E-state index in [1.54, 1.807) is 47.4 Å². The Kier molecular flexibility index (Phi) is 6.01. The third-order valence-corrected chi connectivity index (χ3v) is 5.95. The molecule has 0 fully saturated rings. The molecule has 24 heavy (non-hydrogen) atoms. The molecule has 1 N–H and O–H groups in total. The molecular weight excluding hydrogens is 392 g/mol. The van der Waals surface area contributed by atoms with E-state index in [9.17, 15) is 13.2 Å². The van der Waals surface area contributed by atoms with E-state index in [1.807, 2.05) is 13.8 Å². The fraction of sp³-hybridized carbons (Fsp3) is 0.235. The number of halogens is 1. The number of amides is 1. The zero-order chi connectivity index (χ0) is 17.7. The lowest BCUT2D eigenvalue weighted by atomic mass is 10.2. The Morgan fingerprint density at radius 2 is 1.62 bits per heavy atom. The van der Waals surface area contributed by atoms with Gasteiger partial charge in [0.25, 0.3) is 15.9 Å². The van der Waals surface area contributed by atoms with E-state index in [0.29, 0.717) is 28.8 Å². The maximum absolute atomic E-state index is 12.4. The fourth-order valence-electron chi connectivity index (χ4n) is 2.25. The lowest BCUT2D eigenvalue weighted by Crippen LogP contribution is -2.30. The van der Waals surface area contributed by atoms with E-state index in [-0.39, 0.29) is 10.8 Å². The van der Waals surface area contributed by atoms with Crippen molar-refractivity contribution < 1.29 is 13.2 Å². The number of nitrogens with zero attached hydrogens (tertiary/aromatic N) is 1. The van der Waals surface area contributed by atoms with E-state index < -0.39 is 10.0 Å². The van der Waals surface area contributed by atoms with Crippen LogP contribution in [0.1, 0.15) is 24.2 Å². The molecule has 0 unspecified atom stereocenters. The Bertz CT molecular complexity index is 816. The first-order chi connectivity index (χ1) is 11.4. The molecule has 0 bridgehead atoms. The molecule has 0 aliphatic heterocycles. The van der Waals surface area contributed by atoms with Gasteiger partial charge >= 0.3 is 0 Å². The molecule has 5 nitrogen and oxygen atoms in total. The van der Waals surface area contributed by atoms with Crippen molar-refractivity contribution in [2.24, 2.45) is 0 Å². The van der Waals surface area contributed by atoms with Gasteiger partial charge in [0.05, 0.1) is 0 Å². The van der Waals surface area contributed by atoms with E-state index >= 15 is 0 Å². The summed E-state index contributed by atoms with van der Waals surface area (Å²) in [6.07, 6.45) is 0. The van der Waals surface area contributed by atoms with Crippen LogP contribution in [-0.4, -0.2) is 32.3 Å². The summed E-state index contributed by atoms with van der Waals surface area (Å²) >= 11 is 3.24. The quantitative estimate of drug-likeness (QED) is 0.788. The van der Waals surface area contributed by atoms with Crippen molar-refractivity contribution in [2.75, 3.05) is 17.8 Å². The molecule has 1 amide bonds. The summed E-state index contributed by atoms with van der Waals surface area (Å²) in [6.45, 7) is 5.10. The minimum Gasteiger partial charge on any atom is -0.339 e. The van der Waals surface area contributed by atoms with E-state index in [2.05, 4.69) is 20.7 Å². The highest BCUT2D eigenvalue weighted by atomic mass is 79.9. The number of hydrogen-bond acceptors (Lipinski definition) is 3. The predicted octanol–water partition coefficient (Wildman–Crippen LogP) is 3.73.